The monoisotopic (exact) mass is 265 g/mol. The number of allylic oxidation sites excluding steroid dienone is 1. The second-order valence-electron chi connectivity index (χ2n) is 4.80. The molecule has 1 aromatic heterocycles. The average Bonchev–Trinajstić information content (AvgIpc) is 2.66. The lowest BCUT2D eigenvalue weighted by Crippen LogP contribution is -2.22. The van der Waals surface area contributed by atoms with E-state index in [0.29, 0.717) is 0 Å². The van der Waals surface area contributed by atoms with Crippen LogP contribution in [0.15, 0.2) is 12.7 Å². The average molecular weight is 265 g/mol. The Balaban J connectivity index is 2.46. The van der Waals surface area contributed by atoms with Crippen molar-refractivity contribution in [1.29, 1.82) is 0 Å². The molecule has 0 radical (unpaired) electrons. The number of aromatic nitrogens is 2. The molecule has 0 atom stereocenters. The van der Waals surface area contributed by atoms with Gasteiger partial charge in [-0.05, 0) is 45.2 Å². The van der Waals surface area contributed by atoms with Gasteiger partial charge in [-0.3, -0.25) is 4.68 Å². The summed E-state index contributed by atoms with van der Waals surface area (Å²) in [4.78, 5) is 0. The molecule has 0 aromatic carbocycles. The number of unbranched alkanes of at least 4 members (excludes halogenated alkanes) is 1. The van der Waals surface area contributed by atoms with Crippen molar-refractivity contribution in [3.8, 4) is 0 Å². The SMILES string of the molecule is C=CCCCn1nc(C)c(CCNCCOC)c1C. The Labute approximate surface area is 116 Å². The van der Waals surface area contributed by atoms with Crippen LogP contribution in [0.5, 0.6) is 0 Å². The van der Waals surface area contributed by atoms with Gasteiger partial charge in [0.1, 0.15) is 0 Å². The highest BCUT2D eigenvalue weighted by molar-refractivity contribution is 5.24. The fraction of sp³-hybridized carbons (Fsp3) is 0.667. The third kappa shape index (κ3) is 5.17. The Kier molecular flexibility index (Phi) is 7.45. The van der Waals surface area contributed by atoms with Crippen LogP contribution in [0.2, 0.25) is 0 Å². The zero-order valence-corrected chi connectivity index (χ0v) is 12.5. The molecule has 108 valence electrons. The maximum atomic E-state index is 5.01. The molecule has 0 spiro atoms. The van der Waals surface area contributed by atoms with E-state index >= 15 is 0 Å². The van der Waals surface area contributed by atoms with Crippen molar-refractivity contribution in [2.75, 3.05) is 26.8 Å². The summed E-state index contributed by atoms with van der Waals surface area (Å²) in [6.45, 7) is 11.6. The van der Waals surface area contributed by atoms with Crippen LogP contribution in [0.3, 0.4) is 0 Å². The van der Waals surface area contributed by atoms with Crippen LogP contribution in [-0.4, -0.2) is 36.6 Å². The largest absolute Gasteiger partial charge is 0.383 e. The molecule has 19 heavy (non-hydrogen) atoms. The molecule has 1 rings (SSSR count). The topological polar surface area (TPSA) is 39.1 Å². The van der Waals surface area contributed by atoms with E-state index in [-0.39, 0.29) is 0 Å². The van der Waals surface area contributed by atoms with Crippen molar-refractivity contribution >= 4 is 0 Å². The summed E-state index contributed by atoms with van der Waals surface area (Å²) < 4.78 is 7.14. The molecule has 0 fully saturated rings. The maximum Gasteiger partial charge on any atom is 0.0628 e. The molecular weight excluding hydrogens is 238 g/mol. The van der Waals surface area contributed by atoms with Crippen molar-refractivity contribution in [2.45, 2.75) is 39.7 Å². The Hall–Kier alpha value is -1.13. The quantitative estimate of drug-likeness (QED) is 0.521. The van der Waals surface area contributed by atoms with Crippen molar-refractivity contribution in [2.24, 2.45) is 0 Å². The summed E-state index contributed by atoms with van der Waals surface area (Å²) in [6, 6.07) is 0. The molecule has 1 N–H and O–H groups in total. The Morgan fingerprint density at radius 1 is 1.37 bits per heavy atom. The minimum absolute atomic E-state index is 0.763. The molecular formula is C15H27N3O. The first-order valence-electron chi connectivity index (χ1n) is 7.04. The summed E-state index contributed by atoms with van der Waals surface area (Å²) in [5.74, 6) is 0. The molecule has 0 aliphatic heterocycles. The number of rotatable bonds is 10. The van der Waals surface area contributed by atoms with Gasteiger partial charge in [0.25, 0.3) is 0 Å². The van der Waals surface area contributed by atoms with E-state index in [1.165, 1.54) is 11.3 Å². The number of ether oxygens (including phenoxy) is 1. The van der Waals surface area contributed by atoms with E-state index in [0.717, 1.165) is 51.2 Å². The molecule has 4 nitrogen and oxygen atoms in total. The number of nitrogens with one attached hydrogen (secondary N) is 1. The van der Waals surface area contributed by atoms with Crippen LogP contribution in [0.4, 0.5) is 0 Å². The van der Waals surface area contributed by atoms with Gasteiger partial charge in [0.15, 0.2) is 0 Å². The molecule has 0 amide bonds. The number of hydrogen-bond donors (Lipinski definition) is 1. The van der Waals surface area contributed by atoms with Crippen LogP contribution < -0.4 is 5.32 Å². The zero-order valence-electron chi connectivity index (χ0n) is 12.5. The maximum absolute atomic E-state index is 5.01. The number of hydrogen-bond acceptors (Lipinski definition) is 3. The van der Waals surface area contributed by atoms with E-state index < -0.39 is 0 Å². The molecule has 0 bridgehead atoms. The van der Waals surface area contributed by atoms with Gasteiger partial charge in [-0.1, -0.05) is 6.08 Å². The van der Waals surface area contributed by atoms with Gasteiger partial charge in [-0.2, -0.15) is 5.10 Å². The van der Waals surface area contributed by atoms with Crippen molar-refractivity contribution < 1.29 is 4.74 Å². The van der Waals surface area contributed by atoms with Gasteiger partial charge in [-0.25, -0.2) is 0 Å². The Morgan fingerprint density at radius 3 is 2.84 bits per heavy atom. The smallest absolute Gasteiger partial charge is 0.0628 e. The molecule has 1 aromatic rings. The first kappa shape index (κ1) is 15.9. The lowest BCUT2D eigenvalue weighted by Gasteiger charge is -2.06. The minimum atomic E-state index is 0.763. The third-order valence-corrected chi connectivity index (χ3v) is 3.34. The van der Waals surface area contributed by atoms with Crippen molar-refractivity contribution in [3.63, 3.8) is 0 Å². The number of aryl methyl sites for hydroxylation is 2. The fourth-order valence-electron chi connectivity index (χ4n) is 2.21. The number of methoxy groups -OCH3 is 1. The summed E-state index contributed by atoms with van der Waals surface area (Å²) in [5.41, 5.74) is 3.84. The second-order valence-corrected chi connectivity index (χ2v) is 4.80. The standard InChI is InChI=1S/C15H27N3O/c1-5-6-7-11-18-14(3)15(13(2)17-18)8-9-16-10-12-19-4/h5,16H,1,6-12H2,2-4H3. The van der Waals surface area contributed by atoms with Crippen LogP contribution in [0.25, 0.3) is 0 Å². The van der Waals surface area contributed by atoms with E-state index in [4.69, 9.17) is 4.74 Å². The molecule has 0 saturated heterocycles. The molecule has 1 heterocycles. The molecule has 4 heteroatoms. The third-order valence-electron chi connectivity index (χ3n) is 3.34. The van der Waals surface area contributed by atoms with Crippen LogP contribution in [-0.2, 0) is 17.7 Å². The minimum Gasteiger partial charge on any atom is -0.383 e. The summed E-state index contributed by atoms with van der Waals surface area (Å²) >= 11 is 0. The fourth-order valence-corrected chi connectivity index (χ4v) is 2.21. The molecule has 0 aliphatic rings. The highest BCUT2D eigenvalue weighted by atomic mass is 16.5. The summed E-state index contributed by atoms with van der Waals surface area (Å²) in [6.07, 6.45) is 5.15. The van der Waals surface area contributed by atoms with Gasteiger partial charge >= 0.3 is 0 Å². The first-order chi connectivity index (χ1) is 9.20. The van der Waals surface area contributed by atoms with Gasteiger partial charge in [0.2, 0.25) is 0 Å². The van der Waals surface area contributed by atoms with E-state index in [2.05, 4.69) is 35.5 Å². The van der Waals surface area contributed by atoms with Gasteiger partial charge < -0.3 is 10.1 Å². The lowest BCUT2D eigenvalue weighted by molar-refractivity contribution is 0.199. The predicted octanol–water partition coefficient (Wildman–Crippen LogP) is 2.24. The van der Waals surface area contributed by atoms with Crippen LogP contribution >= 0.6 is 0 Å². The summed E-state index contributed by atoms with van der Waals surface area (Å²) in [5, 5.41) is 8.00. The zero-order chi connectivity index (χ0) is 14.1. The molecule has 0 unspecified atom stereocenters. The van der Waals surface area contributed by atoms with E-state index in [1.807, 2.05) is 6.08 Å². The highest BCUT2D eigenvalue weighted by Gasteiger charge is 2.10. The molecule has 0 aliphatic carbocycles. The first-order valence-corrected chi connectivity index (χ1v) is 7.04. The van der Waals surface area contributed by atoms with Gasteiger partial charge in [-0.15, -0.1) is 6.58 Å². The highest BCUT2D eigenvalue weighted by Crippen LogP contribution is 2.14. The van der Waals surface area contributed by atoms with Crippen LogP contribution in [0, 0.1) is 13.8 Å². The number of nitrogens with zero attached hydrogens (tertiary/aromatic N) is 2. The normalized spacial score (nSPS) is 10.9. The van der Waals surface area contributed by atoms with Gasteiger partial charge in [0, 0.05) is 25.9 Å². The van der Waals surface area contributed by atoms with Crippen molar-refractivity contribution in [1.82, 2.24) is 15.1 Å². The predicted molar refractivity (Wildman–Crippen MR) is 79.6 cm³/mol. The molecule has 0 saturated carbocycles. The lowest BCUT2D eigenvalue weighted by atomic mass is 10.1. The van der Waals surface area contributed by atoms with Gasteiger partial charge in [0.05, 0.1) is 12.3 Å². The Morgan fingerprint density at radius 2 is 2.16 bits per heavy atom. The van der Waals surface area contributed by atoms with Crippen molar-refractivity contribution in [3.05, 3.63) is 29.6 Å². The summed E-state index contributed by atoms with van der Waals surface area (Å²) in [7, 11) is 1.73. The second kappa shape index (κ2) is 8.88. The van der Waals surface area contributed by atoms with E-state index in [1.54, 1.807) is 7.11 Å². The van der Waals surface area contributed by atoms with E-state index in [9.17, 15) is 0 Å². The Bertz CT molecular complexity index is 385. The van der Waals surface area contributed by atoms with Crippen LogP contribution in [0.1, 0.15) is 29.8 Å².